The van der Waals surface area contributed by atoms with Gasteiger partial charge in [0.1, 0.15) is 12.7 Å². The maximum Gasteiger partial charge on any atom is 0.472 e. The van der Waals surface area contributed by atoms with Crippen LogP contribution < -0.4 is 0 Å². The van der Waals surface area contributed by atoms with E-state index in [-0.39, 0.29) is 25.9 Å². The Labute approximate surface area is 428 Å². The van der Waals surface area contributed by atoms with Crippen molar-refractivity contribution < 1.29 is 52.2 Å². The van der Waals surface area contributed by atoms with E-state index in [2.05, 4.69) is 69.4 Å². The summed E-state index contributed by atoms with van der Waals surface area (Å²) >= 11 is 0. The van der Waals surface area contributed by atoms with E-state index in [1.807, 2.05) is 0 Å². The third-order valence-corrected chi connectivity index (χ3v) is 13.1. The number of carbonyl (C=O) groups is 3. The molecule has 0 spiro atoms. The summed E-state index contributed by atoms with van der Waals surface area (Å²) in [5.41, 5.74) is 0. The van der Waals surface area contributed by atoms with Crippen molar-refractivity contribution in [3.8, 4) is 0 Å². The smallest absolute Gasteiger partial charge is 0.462 e. The molecule has 12 heteroatoms. The molecule has 0 bridgehead atoms. The first-order valence-electron chi connectivity index (χ1n) is 28.5. The molecule has 408 valence electrons. The predicted octanol–water partition coefficient (Wildman–Crippen LogP) is 16.6. The van der Waals surface area contributed by atoms with E-state index in [1.54, 1.807) is 0 Å². The molecule has 0 aliphatic rings. The van der Waals surface area contributed by atoms with Gasteiger partial charge in [0.2, 0.25) is 0 Å². The van der Waals surface area contributed by atoms with E-state index in [0.29, 0.717) is 19.3 Å². The molecule has 0 fully saturated rings. The Morgan fingerprint density at radius 2 is 0.714 bits per heavy atom. The van der Waals surface area contributed by atoms with E-state index in [4.69, 9.17) is 23.3 Å². The number of ether oxygens (including phenoxy) is 3. The molecule has 3 atom stereocenters. The van der Waals surface area contributed by atoms with Crippen LogP contribution in [0.1, 0.15) is 265 Å². The molecule has 0 heterocycles. The molecule has 0 rings (SSSR count). The van der Waals surface area contributed by atoms with Crippen molar-refractivity contribution in [2.75, 3.05) is 26.4 Å². The summed E-state index contributed by atoms with van der Waals surface area (Å²) in [6, 6.07) is 0. The standard InChI is InChI=1S/C58H105O11P/c1-4-7-10-13-16-19-22-24-26-27-29-31-34-37-40-43-46-49-58(62)69-55(51-65-56(60)47-44-41-38-35-32-21-18-15-12-9-6-3)53-67-70(63,64)66-52-54(50-59)68-57(61)48-45-42-39-36-33-30-28-25-23-20-17-14-11-8-5-2/h15,17-18,20,24-26,28,54-55,59H,4-14,16,19,21-23,27,29-53H2,1-3H3,(H,63,64)/b18-15-,20-17-,26-24-,28-25-. The van der Waals surface area contributed by atoms with E-state index in [1.165, 1.54) is 96.3 Å². The van der Waals surface area contributed by atoms with Gasteiger partial charge in [-0.3, -0.25) is 23.4 Å². The fourth-order valence-electron chi connectivity index (χ4n) is 7.77. The van der Waals surface area contributed by atoms with E-state index >= 15 is 0 Å². The second-order valence-electron chi connectivity index (χ2n) is 19.1. The summed E-state index contributed by atoms with van der Waals surface area (Å²) in [5, 5.41) is 9.80. The van der Waals surface area contributed by atoms with Crippen LogP contribution in [0, 0.1) is 0 Å². The second kappa shape index (κ2) is 52.8. The molecule has 0 saturated carbocycles. The van der Waals surface area contributed by atoms with Gasteiger partial charge >= 0.3 is 25.7 Å². The van der Waals surface area contributed by atoms with Crippen LogP contribution in [0.2, 0.25) is 0 Å². The third kappa shape index (κ3) is 50.4. The van der Waals surface area contributed by atoms with E-state index < -0.39 is 57.8 Å². The average Bonchev–Trinajstić information content (AvgIpc) is 3.35. The first kappa shape index (κ1) is 67.4. The number of hydrogen-bond donors (Lipinski definition) is 2. The Hall–Kier alpha value is -2.56. The van der Waals surface area contributed by atoms with Crippen LogP contribution in [-0.4, -0.2) is 66.5 Å². The van der Waals surface area contributed by atoms with Gasteiger partial charge in [-0.1, -0.05) is 198 Å². The van der Waals surface area contributed by atoms with Gasteiger partial charge in [-0.25, -0.2) is 4.57 Å². The lowest BCUT2D eigenvalue weighted by Crippen LogP contribution is -2.30. The summed E-state index contributed by atoms with van der Waals surface area (Å²) in [6.07, 6.45) is 55.0. The summed E-state index contributed by atoms with van der Waals surface area (Å²) in [7, 11) is -4.75. The van der Waals surface area contributed by atoms with Gasteiger partial charge in [0, 0.05) is 19.3 Å². The molecule has 0 aromatic rings. The van der Waals surface area contributed by atoms with Gasteiger partial charge in [0.15, 0.2) is 6.10 Å². The highest BCUT2D eigenvalue weighted by atomic mass is 31.2. The Morgan fingerprint density at radius 3 is 1.14 bits per heavy atom. The minimum Gasteiger partial charge on any atom is -0.462 e. The van der Waals surface area contributed by atoms with Crippen LogP contribution in [0.15, 0.2) is 48.6 Å². The third-order valence-electron chi connectivity index (χ3n) is 12.2. The molecule has 0 radical (unpaired) electrons. The zero-order valence-electron chi connectivity index (χ0n) is 45.0. The Morgan fingerprint density at radius 1 is 0.400 bits per heavy atom. The number of carbonyl (C=O) groups excluding carboxylic acids is 3. The normalized spacial score (nSPS) is 13.7. The van der Waals surface area contributed by atoms with Crippen LogP contribution >= 0.6 is 7.82 Å². The summed E-state index contributed by atoms with van der Waals surface area (Å²) in [5.74, 6) is -1.48. The number of aliphatic hydroxyl groups is 1. The highest BCUT2D eigenvalue weighted by Crippen LogP contribution is 2.43. The van der Waals surface area contributed by atoms with Gasteiger partial charge in [-0.15, -0.1) is 0 Å². The minimum absolute atomic E-state index is 0.161. The number of phosphoric acid groups is 1. The molecule has 0 aliphatic heterocycles. The van der Waals surface area contributed by atoms with Crippen molar-refractivity contribution in [3.05, 3.63) is 48.6 Å². The van der Waals surface area contributed by atoms with Gasteiger partial charge in [0.25, 0.3) is 0 Å². The van der Waals surface area contributed by atoms with Crippen molar-refractivity contribution in [3.63, 3.8) is 0 Å². The lowest BCUT2D eigenvalue weighted by atomic mass is 10.1. The zero-order chi connectivity index (χ0) is 51.3. The Bertz CT molecular complexity index is 1360. The lowest BCUT2D eigenvalue weighted by molar-refractivity contribution is -0.161. The second-order valence-corrected chi connectivity index (χ2v) is 20.5. The Balaban J connectivity index is 4.70. The average molecular weight is 1010 g/mol. The van der Waals surface area contributed by atoms with Crippen LogP contribution in [0.25, 0.3) is 0 Å². The van der Waals surface area contributed by atoms with Gasteiger partial charge in [-0.2, -0.15) is 0 Å². The molecule has 11 nitrogen and oxygen atoms in total. The molecule has 0 aromatic heterocycles. The summed E-state index contributed by atoms with van der Waals surface area (Å²) < 4.78 is 39.4. The van der Waals surface area contributed by atoms with Crippen LogP contribution in [-0.2, 0) is 42.2 Å². The SMILES string of the molecule is CCCC/C=C\CCCCCCCC(=O)OCC(COP(=O)(O)OCC(CO)OC(=O)CCCCCCC/C=C\C/C=C\CCCCC)OC(=O)CCCCCCCCC/C=C\CCCCCCCC. The minimum atomic E-state index is -4.75. The lowest BCUT2D eigenvalue weighted by Gasteiger charge is -2.21. The topological polar surface area (TPSA) is 155 Å². The van der Waals surface area contributed by atoms with Crippen molar-refractivity contribution in [1.29, 1.82) is 0 Å². The molecular formula is C58H105O11P. The largest absolute Gasteiger partial charge is 0.472 e. The fourth-order valence-corrected chi connectivity index (χ4v) is 8.56. The Kier molecular flexibility index (Phi) is 50.8. The molecule has 0 amide bonds. The number of allylic oxidation sites excluding steroid dienone is 8. The number of unbranched alkanes of at least 4 members (excludes halogenated alkanes) is 28. The molecular weight excluding hydrogens is 904 g/mol. The van der Waals surface area contributed by atoms with Crippen molar-refractivity contribution in [2.45, 2.75) is 277 Å². The van der Waals surface area contributed by atoms with Crippen LogP contribution in [0.5, 0.6) is 0 Å². The van der Waals surface area contributed by atoms with E-state index in [9.17, 15) is 28.9 Å². The van der Waals surface area contributed by atoms with Crippen LogP contribution in [0.4, 0.5) is 0 Å². The fraction of sp³-hybridized carbons (Fsp3) is 0.810. The summed E-state index contributed by atoms with van der Waals surface area (Å²) in [6.45, 7) is 4.56. The molecule has 3 unspecified atom stereocenters. The first-order valence-corrected chi connectivity index (χ1v) is 30.0. The maximum atomic E-state index is 12.9. The zero-order valence-corrected chi connectivity index (χ0v) is 45.9. The number of aliphatic hydroxyl groups excluding tert-OH is 1. The van der Waals surface area contributed by atoms with E-state index in [0.717, 1.165) is 109 Å². The number of phosphoric ester groups is 1. The van der Waals surface area contributed by atoms with Gasteiger partial charge in [-0.05, 0) is 96.3 Å². The molecule has 0 saturated heterocycles. The molecule has 70 heavy (non-hydrogen) atoms. The highest BCUT2D eigenvalue weighted by Gasteiger charge is 2.28. The molecule has 2 N–H and O–H groups in total. The summed E-state index contributed by atoms with van der Waals surface area (Å²) in [4.78, 5) is 48.4. The number of rotatable bonds is 53. The van der Waals surface area contributed by atoms with Crippen molar-refractivity contribution in [2.24, 2.45) is 0 Å². The molecule has 0 aromatic carbocycles. The number of hydrogen-bond acceptors (Lipinski definition) is 10. The predicted molar refractivity (Wildman–Crippen MR) is 289 cm³/mol. The van der Waals surface area contributed by atoms with Crippen molar-refractivity contribution in [1.82, 2.24) is 0 Å². The quantitative estimate of drug-likeness (QED) is 0.0197. The number of esters is 3. The first-order chi connectivity index (χ1) is 34.2. The highest BCUT2D eigenvalue weighted by molar-refractivity contribution is 7.47. The van der Waals surface area contributed by atoms with Gasteiger partial charge in [0.05, 0.1) is 19.8 Å². The van der Waals surface area contributed by atoms with Gasteiger partial charge < -0.3 is 24.2 Å². The maximum absolute atomic E-state index is 12.9. The van der Waals surface area contributed by atoms with Crippen LogP contribution in [0.3, 0.4) is 0 Å². The molecule has 0 aliphatic carbocycles. The van der Waals surface area contributed by atoms with Crippen molar-refractivity contribution >= 4 is 25.7 Å². The monoisotopic (exact) mass is 1010 g/mol.